The van der Waals surface area contributed by atoms with E-state index < -0.39 is 0 Å². The molecule has 1 aliphatic rings. The van der Waals surface area contributed by atoms with Crippen LogP contribution in [0.25, 0.3) is 10.9 Å². The van der Waals surface area contributed by atoms with Crippen LogP contribution < -0.4 is 10.9 Å². The van der Waals surface area contributed by atoms with Crippen molar-refractivity contribution in [1.29, 1.82) is 0 Å². The van der Waals surface area contributed by atoms with E-state index in [1.165, 1.54) is 18.4 Å². The molecule has 0 amide bonds. The summed E-state index contributed by atoms with van der Waals surface area (Å²) in [5.41, 5.74) is 3.93. The second-order valence-electron chi connectivity index (χ2n) is 8.31. The molecule has 0 spiro atoms. The monoisotopic (exact) mass is 419 g/mol. The van der Waals surface area contributed by atoms with Gasteiger partial charge < -0.3 is 15.2 Å². The second-order valence-corrected chi connectivity index (χ2v) is 8.70. The predicted octanol–water partition coefficient (Wildman–Crippen LogP) is 5.22. The van der Waals surface area contributed by atoms with Crippen molar-refractivity contribution in [1.82, 2.24) is 15.2 Å². The minimum atomic E-state index is -0.0290. The summed E-state index contributed by atoms with van der Waals surface area (Å²) < 4.78 is 0. The average molecular weight is 420 g/mol. The first-order chi connectivity index (χ1) is 14.5. The van der Waals surface area contributed by atoms with Gasteiger partial charge in [-0.3, -0.25) is 4.79 Å². The summed E-state index contributed by atoms with van der Waals surface area (Å²) in [4.78, 5) is 18.2. The number of aryl methyl sites for hydroxylation is 1. The summed E-state index contributed by atoms with van der Waals surface area (Å²) in [5, 5.41) is 5.29. The van der Waals surface area contributed by atoms with Crippen molar-refractivity contribution in [3.05, 3.63) is 81.6 Å². The number of fused-ring (bicyclic) bond motifs is 1. The Morgan fingerprint density at radius 3 is 2.63 bits per heavy atom. The molecular formula is C25H29N3OS. The van der Waals surface area contributed by atoms with Crippen molar-refractivity contribution >= 4 is 28.2 Å². The molecule has 4 rings (SSSR count). The Labute approximate surface area is 183 Å². The third kappa shape index (κ3) is 4.41. The first-order valence-corrected chi connectivity index (χ1v) is 11.2. The maximum Gasteiger partial charge on any atom is 0.253 e. The molecule has 1 fully saturated rings. The van der Waals surface area contributed by atoms with E-state index in [0.717, 1.165) is 40.0 Å². The summed E-state index contributed by atoms with van der Waals surface area (Å²) >= 11 is 5.85. The van der Waals surface area contributed by atoms with Gasteiger partial charge >= 0.3 is 0 Å². The smallest absolute Gasteiger partial charge is 0.253 e. The number of thiocarbonyl (C=S) groups is 1. The van der Waals surface area contributed by atoms with Crippen LogP contribution in [-0.4, -0.2) is 21.0 Å². The maximum absolute atomic E-state index is 12.9. The van der Waals surface area contributed by atoms with Crippen molar-refractivity contribution < 1.29 is 0 Å². The van der Waals surface area contributed by atoms with E-state index in [-0.39, 0.29) is 11.6 Å². The number of aromatic nitrogens is 1. The second kappa shape index (κ2) is 9.00. The molecule has 0 radical (unpaired) electrons. The maximum atomic E-state index is 12.9. The number of aromatic amines is 1. The normalized spacial score (nSPS) is 15.3. The van der Waals surface area contributed by atoms with Crippen molar-refractivity contribution in [2.24, 2.45) is 0 Å². The number of hydrogen-bond acceptors (Lipinski definition) is 2. The van der Waals surface area contributed by atoms with Gasteiger partial charge in [-0.25, -0.2) is 0 Å². The molecule has 2 N–H and O–H groups in total. The number of pyridine rings is 1. The molecule has 30 heavy (non-hydrogen) atoms. The Morgan fingerprint density at radius 2 is 1.90 bits per heavy atom. The Kier molecular flexibility index (Phi) is 6.18. The average Bonchev–Trinajstić information content (AvgIpc) is 3.28. The molecule has 3 aromatic rings. The van der Waals surface area contributed by atoms with E-state index >= 15 is 0 Å². The molecule has 2 aromatic carbocycles. The third-order valence-electron chi connectivity index (χ3n) is 6.17. The Balaban J connectivity index is 1.60. The number of nitrogens with zero attached hydrogens (tertiary/aromatic N) is 1. The first kappa shape index (κ1) is 20.6. The molecule has 0 aliphatic heterocycles. The lowest BCUT2D eigenvalue weighted by Gasteiger charge is -2.33. The van der Waals surface area contributed by atoms with Crippen molar-refractivity contribution in [3.63, 3.8) is 0 Å². The highest BCUT2D eigenvalue weighted by Crippen LogP contribution is 2.26. The number of rotatable bonds is 5. The predicted molar refractivity (Wildman–Crippen MR) is 128 cm³/mol. The quantitative estimate of drug-likeness (QED) is 0.557. The van der Waals surface area contributed by atoms with Crippen LogP contribution in [0, 0.1) is 6.92 Å². The van der Waals surface area contributed by atoms with Crippen LogP contribution >= 0.6 is 12.2 Å². The number of para-hydroxylation sites is 1. The molecule has 5 heteroatoms. The fourth-order valence-electron chi connectivity index (χ4n) is 4.41. The lowest BCUT2D eigenvalue weighted by Crippen LogP contribution is -2.46. The molecule has 1 aromatic heterocycles. The van der Waals surface area contributed by atoms with Crippen LogP contribution in [0.3, 0.4) is 0 Å². The first-order valence-electron chi connectivity index (χ1n) is 10.8. The fourth-order valence-corrected chi connectivity index (χ4v) is 4.80. The zero-order valence-corrected chi connectivity index (χ0v) is 18.5. The minimum absolute atomic E-state index is 0.0290. The lowest BCUT2D eigenvalue weighted by atomic mass is 10.1. The van der Waals surface area contributed by atoms with Crippen molar-refractivity contribution in [2.75, 3.05) is 0 Å². The number of H-pyrrole nitrogens is 1. The van der Waals surface area contributed by atoms with Gasteiger partial charge in [0.1, 0.15) is 0 Å². The molecule has 0 unspecified atom stereocenters. The Hall–Kier alpha value is -2.66. The zero-order valence-electron chi connectivity index (χ0n) is 17.7. The number of benzene rings is 2. The van der Waals surface area contributed by atoms with Crippen LogP contribution in [0.4, 0.5) is 0 Å². The van der Waals surface area contributed by atoms with Gasteiger partial charge in [0, 0.05) is 11.6 Å². The highest BCUT2D eigenvalue weighted by atomic mass is 32.1. The molecule has 156 valence electrons. The molecule has 0 bridgehead atoms. The SMILES string of the molecule is Cc1cccc2cc(CN(C(=S)N[C@@H](C)c3ccccc3)C3CCCC3)c(=O)[nH]c12. The van der Waals surface area contributed by atoms with Gasteiger partial charge in [-0.05, 0) is 61.5 Å². The van der Waals surface area contributed by atoms with Gasteiger partial charge in [0.2, 0.25) is 0 Å². The van der Waals surface area contributed by atoms with E-state index in [0.29, 0.717) is 12.6 Å². The molecular weight excluding hydrogens is 390 g/mol. The standard InChI is InChI=1S/C25H29N3OS/c1-17-9-8-12-20-15-21(24(29)27-23(17)20)16-28(22-13-6-7-14-22)25(30)26-18(2)19-10-4-3-5-11-19/h3-5,8-12,15,18,22H,6-7,13-14,16H2,1-2H3,(H,26,30)(H,27,29)/t18-/m0/s1. The van der Waals surface area contributed by atoms with E-state index in [4.69, 9.17) is 12.2 Å². The molecule has 1 atom stereocenters. The molecule has 1 heterocycles. The van der Waals surface area contributed by atoms with E-state index in [1.807, 2.05) is 43.3 Å². The van der Waals surface area contributed by atoms with Gasteiger partial charge in [0.15, 0.2) is 5.11 Å². The van der Waals surface area contributed by atoms with E-state index in [2.05, 4.69) is 40.3 Å². The van der Waals surface area contributed by atoms with E-state index in [9.17, 15) is 4.79 Å². The van der Waals surface area contributed by atoms with Crippen LogP contribution in [0.1, 0.15) is 55.3 Å². The number of nitrogens with one attached hydrogen (secondary N) is 2. The fraction of sp³-hybridized carbons (Fsp3) is 0.360. The highest BCUT2D eigenvalue weighted by Gasteiger charge is 2.26. The summed E-state index contributed by atoms with van der Waals surface area (Å²) in [5.74, 6) is 0. The largest absolute Gasteiger partial charge is 0.356 e. The van der Waals surface area contributed by atoms with Crippen molar-refractivity contribution in [2.45, 2.75) is 58.2 Å². The lowest BCUT2D eigenvalue weighted by molar-refractivity contribution is 0.300. The molecule has 4 nitrogen and oxygen atoms in total. The van der Waals surface area contributed by atoms with Crippen molar-refractivity contribution in [3.8, 4) is 0 Å². The molecule has 1 aliphatic carbocycles. The molecule has 1 saturated carbocycles. The van der Waals surface area contributed by atoms with Gasteiger partial charge in [0.25, 0.3) is 5.56 Å². The van der Waals surface area contributed by atoms with Crippen LogP contribution in [0.5, 0.6) is 0 Å². The number of hydrogen-bond donors (Lipinski definition) is 2. The summed E-state index contributed by atoms with van der Waals surface area (Å²) in [6.07, 6.45) is 4.66. The molecule has 0 saturated heterocycles. The summed E-state index contributed by atoms with van der Waals surface area (Å²) in [6, 6.07) is 18.9. The third-order valence-corrected chi connectivity index (χ3v) is 6.52. The van der Waals surface area contributed by atoms with Crippen LogP contribution in [0.2, 0.25) is 0 Å². The van der Waals surface area contributed by atoms with Gasteiger partial charge in [-0.2, -0.15) is 0 Å². The highest BCUT2D eigenvalue weighted by molar-refractivity contribution is 7.80. The zero-order chi connectivity index (χ0) is 21.1. The van der Waals surface area contributed by atoms with E-state index in [1.54, 1.807) is 0 Å². The van der Waals surface area contributed by atoms with Crippen LogP contribution in [0.15, 0.2) is 59.4 Å². The summed E-state index contributed by atoms with van der Waals surface area (Å²) in [6.45, 7) is 4.67. The Bertz CT molecular complexity index is 1090. The Morgan fingerprint density at radius 1 is 1.17 bits per heavy atom. The topological polar surface area (TPSA) is 48.1 Å². The van der Waals surface area contributed by atoms with Gasteiger partial charge in [-0.15, -0.1) is 0 Å². The van der Waals surface area contributed by atoms with Gasteiger partial charge in [0.05, 0.1) is 18.1 Å². The minimum Gasteiger partial charge on any atom is -0.356 e. The van der Waals surface area contributed by atoms with Crippen LogP contribution in [-0.2, 0) is 6.54 Å². The summed E-state index contributed by atoms with van der Waals surface area (Å²) in [7, 11) is 0. The van der Waals surface area contributed by atoms with Gasteiger partial charge in [-0.1, -0.05) is 61.4 Å².